The van der Waals surface area contributed by atoms with E-state index in [9.17, 15) is 9.59 Å². The van der Waals surface area contributed by atoms with Gasteiger partial charge in [0.05, 0.1) is 23.9 Å². The maximum Gasteiger partial charge on any atom is 0.329 e. The fourth-order valence-electron chi connectivity index (χ4n) is 4.08. The Labute approximate surface area is 146 Å². The van der Waals surface area contributed by atoms with Crippen LogP contribution in [0.1, 0.15) is 31.2 Å². The summed E-state index contributed by atoms with van der Waals surface area (Å²) in [6.07, 6.45) is 6.32. The lowest BCUT2D eigenvalue weighted by atomic mass is 9.79. The molecule has 2 aliphatic rings. The molecule has 0 spiro atoms. The van der Waals surface area contributed by atoms with Gasteiger partial charge in [-0.2, -0.15) is 5.10 Å². The summed E-state index contributed by atoms with van der Waals surface area (Å²) in [5, 5.41) is 13.0. The van der Waals surface area contributed by atoms with Crippen LogP contribution in [0, 0.1) is 6.92 Å². The molecule has 8 nitrogen and oxygen atoms in total. The van der Waals surface area contributed by atoms with E-state index in [1.165, 1.54) is 0 Å². The molecule has 1 aromatic rings. The smallest absolute Gasteiger partial charge is 0.329 e. The normalized spacial score (nSPS) is 28.8. The minimum atomic E-state index is -0.975. The Morgan fingerprint density at radius 1 is 1.44 bits per heavy atom. The van der Waals surface area contributed by atoms with Gasteiger partial charge in [-0.25, -0.2) is 4.79 Å². The predicted molar refractivity (Wildman–Crippen MR) is 88.0 cm³/mol. The van der Waals surface area contributed by atoms with Crippen LogP contribution in [-0.2, 0) is 25.6 Å². The molecule has 138 valence electrons. The number of carbonyl (C=O) groups excluding carboxylic acids is 1. The Morgan fingerprint density at radius 2 is 2.24 bits per heavy atom. The number of aliphatic carboxylic acids is 1. The fraction of sp³-hybridized carbons (Fsp3) is 0.706. The largest absolute Gasteiger partial charge is 0.480 e. The van der Waals surface area contributed by atoms with Gasteiger partial charge in [0.1, 0.15) is 13.2 Å². The molecule has 8 heteroatoms. The van der Waals surface area contributed by atoms with Gasteiger partial charge in [-0.05, 0) is 38.2 Å². The van der Waals surface area contributed by atoms with Crippen molar-refractivity contribution in [2.75, 3.05) is 20.3 Å². The summed E-state index contributed by atoms with van der Waals surface area (Å²) in [7, 11) is 1.69. The Hall–Kier alpha value is -1.93. The van der Waals surface area contributed by atoms with Crippen LogP contribution >= 0.6 is 0 Å². The van der Waals surface area contributed by atoms with E-state index in [0.29, 0.717) is 13.0 Å². The molecule has 2 heterocycles. The van der Waals surface area contributed by atoms with Crippen molar-refractivity contribution in [3.05, 3.63) is 18.0 Å². The summed E-state index contributed by atoms with van der Waals surface area (Å²) in [5.41, 5.74) is 0.666. The van der Waals surface area contributed by atoms with Crippen LogP contribution in [0.5, 0.6) is 0 Å². The summed E-state index contributed by atoms with van der Waals surface area (Å²) in [5.74, 6) is -0.970. The Bertz CT molecular complexity index is 646. The number of carboxylic acids is 1. The lowest BCUT2D eigenvalue weighted by Crippen LogP contribution is -2.53. The molecule has 1 amide bonds. The molecule has 1 N–H and O–H groups in total. The van der Waals surface area contributed by atoms with Gasteiger partial charge in [-0.3, -0.25) is 9.48 Å². The number of aromatic nitrogens is 2. The van der Waals surface area contributed by atoms with Crippen molar-refractivity contribution in [1.29, 1.82) is 0 Å². The number of carbonyl (C=O) groups is 2. The fourth-order valence-corrected chi connectivity index (χ4v) is 4.08. The zero-order valence-electron chi connectivity index (χ0n) is 14.7. The summed E-state index contributed by atoms with van der Waals surface area (Å²) < 4.78 is 12.9. The second-order valence-electron chi connectivity index (χ2n) is 6.94. The van der Waals surface area contributed by atoms with E-state index in [1.807, 2.05) is 18.0 Å². The summed E-state index contributed by atoms with van der Waals surface area (Å²) in [4.78, 5) is 25.4. The molecular formula is C17H25N3O5. The minimum Gasteiger partial charge on any atom is -0.480 e. The van der Waals surface area contributed by atoms with E-state index >= 15 is 0 Å². The zero-order chi connectivity index (χ0) is 18.0. The number of amides is 1. The van der Waals surface area contributed by atoms with Gasteiger partial charge in [0.25, 0.3) is 0 Å². The minimum absolute atomic E-state index is 0.00547. The number of rotatable bonds is 6. The van der Waals surface area contributed by atoms with Gasteiger partial charge < -0.3 is 19.5 Å². The molecule has 1 aliphatic carbocycles. The van der Waals surface area contributed by atoms with Crippen LogP contribution in [-0.4, -0.2) is 69.7 Å². The third-order valence-corrected chi connectivity index (χ3v) is 5.36. The van der Waals surface area contributed by atoms with Gasteiger partial charge in [-0.1, -0.05) is 0 Å². The average molecular weight is 351 g/mol. The lowest BCUT2D eigenvalue weighted by Gasteiger charge is -2.43. The summed E-state index contributed by atoms with van der Waals surface area (Å²) >= 11 is 0. The molecule has 0 unspecified atom stereocenters. The number of fused-ring (bicyclic) bond motifs is 1. The second-order valence-corrected chi connectivity index (χ2v) is 6.94. The number of likely N-dealkylation sites (tertiary alicyclic amines) is 1. The monoisotopic (exact) mass is 351 g/mol. The first-order valence-electron chi connectivity index (χ1n) is 8.60. The topological polar surface area (TPSA) is 93.9 Å². The van der Waals surface area contributed by atoms with E-state index in [0.717, 1.165) is 24.8 Å². The Morgan fingerprint density at radius 3 is 2.88 bits per heavy atom. The highest BCUT2D eigenvalue weighted by molar-refractivity contribution is 5.77. The highest BCUT2D eigenvalue weighted by atomic mass is 16.5. The van der Waals surface area contributed by atoms with Gasteiger partial charge in [-0.15, -0.1) is 0 Å². The zero-order valence-corrected chi connectivity index (χ0v) is 14.7. The van der Waals surface area contributed by atoms with Crippen LogP contribution in [0.15, 0.2) is 12.4 Å². The first-order chi connectivity index (χ1) is 11.9. The van der Waals surface area contributed by atoms with Crippen molar-refractivity contribution in [3.8, 4) is 0 Å². The average Bonchev–Trinajstić information content (AvgIpc) is 3.16. The molecule has 1 saturated carbocycles. The van der Waals surface area contributed by atoms with Crippen molar-refractivity contribution < 1.29 is 24.2 Å². The molecule has 3 atom stereocenters. The highest BCUT2D eigenvalue weighted by Gasteiger charge is 2.52. The van der Waals surface area contributed by atoms with Crippen molar-refractivity contribution in [2.45, 2.75) is 56.9 Å². The number of hydrogen-bond donors (Lipinski definition) is 1. The lowest BCUT2D eigenvalue weighted by molar-refractivity contribution is -0.152. The van der Waals surface area contributed by atoms with E-state index in [1.54, 1.807) is 18.0 Å². The predicted octanol–water partition coefficient (Wildman–Crippen LogP) is 0.831. The number of ether oxygens (including phenoxy) is 2. The standard InChI is InChI=1S/C17H25N3O5/c1-12-8-18-19(9-12)10-15(21)20-6-5-17(24-2)4-3-13(7-14(17)20)25-11-16(22)23/h8-9,13-14H,3-7,10-11H2,1-2H3,(H,22,23)/t13-,14-,17+/m0/s1. The molecule has 0 aromatic carbocycles. The molecule has 0 radical (unpaired) electrons. The molecule has 1 aliphatic heterocycles. The third kappa shape index (κ3) is 3.69. The van der Waals surface area contributed by atoms with Crippen molar-refractivity contribution in [3.63, 3.8) is 0 Å². The maximum atomic E-state index is 12.8. The SMILES string of the molecule is CO[C@@]12CC[C@H](OCC(=O)O)C[C@@H]1N(C(=O)Cn1cc(C)cn1)CC2. The third-order valence-electron chi connectivity index (χ3n) is 5.36. The first-order valence-corrected chi connectivity index (χ1v) is 8.60. The number of carboxylic acid groups (broad SMARTS) is 1. The van der Waals surface area contributed by atoms with E-state index < -0.39 is 5.97 Å². The van der Waals surface area contributed by atoms with Crippen LogP contribution < -0.4 is 0 Å². The summed E-state index contributed by atoms with van der Waals surface area (Å²) in [6.45, 7) is 2.47. The number of nitrogens with zero attached hydrogens (tertiary/aromatic N) is 3. The first kappa shape index (κ1) is 17.9. The van der Waals surface area contributed by atoms with Crippen molar-refractivity contribution in [2.24, 2.45) is 0 Å². The van der Waals surface area contributed by atoms with Crippen molar-refractivity contribution in [1.82, 2.24) is 14.7 Å². The number of aryl methyl sites for hydroxylation is 1. The Balaban J connectivity index is 1.69. The van der Waals surface area contributed by atoms with Crippen molar-refractivity contribution >= 4 is 11.9 Å². The maximum absolute atomic E-state index is 12.8. The molecule has 1 saturated heterocycles. The van der Waals surface area contributed by atoms with E-state index in [4.69, 9.17) is 14.6 Å². The van der Waals surface area contributed by atoms with Gasteiger partial charge >= 0.3 is 5.97 Å². The Kier molecular flexibility index (Phi) is 5.10. The second kappa shape index (κ2) is 7.13. The van der Waals surface area contributed by atoms with Gasteiger partial charge in [0.15, 0.2) is 0 Å². The molecular weight excluding hydrogens is 326 g/mol. The van der Waals surface area contributed by atoms with Crippen LogP contribution in [0.3, 0.4) is 0 Å². The van der Waals surface area contributed by atoms with Crippen LogP contribution in [0.2, 0.25) is 0 Å². The molecule has 2 fully saturated rings. The molecule has 25 heavy (non-hydrogen) atoms. The quantitative estimate of drug-likeness (QED) is 0.816. The molecule has 3 rings (SSSR count). The summed E-state index contributed by atoms with van der Waals surface area (Å²) in [6, 6.07) is -0.0887. The van der Waals surface area contributed by atoms with Gasteiger partial charge in [0, 0.05) is 19.9 Å². The number of methoxy groups -OCH3 is 1. The van der Waals surface area contributed by atoms with Crippen LogP contribution in [0.4, 0.5) is 0 Å². The number of hydrogen-bond acceptors (Lipinski definition) is 5. The van der Waals surface area contributed by atoms with Gasteiger partial charge in [0.2, 0.25) is 5.91 Å². The van der Waals surface area contributed by atoms with E-state index in [-0.39, 0.29) is 36.8 Å². The molecule has 0 bridgehead atoms. The molecule has 1 aromatic heterocycles. The van der Waals surface area contributed by atoms with Crippen LogP contribution in [0.25, 0.3) is 0 Å². The van der Waals surface area contributed by atoms with E-state index in [2.05, 4.69) is 5.10 Å². The highest BCUT2D eigenvalue weighted by Crippen LogP contribution is 2.43.